The number of unbranched alkanes of at least 4 members (excludes halogenated alkanes) is 1. The fraction of sp³-hybridized carbons (Fsp3) is 0.636. The average Bonchev–Trinajstić information content (AvgIpc) is 2.65. The molecule has 0 aliphatic rings. The molecule has 3 heteroatoms. The molecule has 1 aromatic heterocycles. The third kappa shape index (κ3) is 4.22. The van der Waals surface area contributed by atoms with Gasteiger partial charge >= 0.3 is 0 Å². The fourth-order valence-electron chi connectivity index (χ4n) is 1.28. The standard InChI is InChI=1S/C11H19NOS/c1-2-10-5-6-11(14-10)9-12-7-3-4-8-13/h5-6,12-13H,2-4,7-9H2,1H3. The van der Waals surface area contributed by atoms with E-state index in [1.165, 1.54) is 9.75 Å². The summed E-state index contributed by atoms with van der Waals surface area (Å²) >= 11 is 1.88. The molecule has 0 aromatic carbocycles. The molecule has 0 aliphatic heterocycles. The Bertz CT molecular complexity index is 247. The molecule has 0 radical (unpaired) electrons. The van der Waals surface area contributed by atoms with Crippen LogP contribution in [-0.2, 0) is 13.0 Å². The summed E-state index contributed by atoms with van der Waals surface area (Å²) in [5.41, 5.74) is 0. The van der Waals surface area contributed by atoms with E-state index in [9.17, 15) is 0 Å². The van der Waals surface area contributed by atoms with Crippen LogP contribution < -0.4 is 5.32 Å². The smallest absolute Gasteiger partial charge is 0.0431 e. The van der Waals surface area contributed by atoms with Crippen molar-refractivity contribution >= 4 is 11.3 Å². The molecule has 1 heterocycles. The van der Waals surface area contributed by atoms with Crippen molar-refractivity contribution in [3.05, 3.63) is 21.9 Å². The van der Waals surface area contributed by atoms with E-state index in [0.29, 0.717) is 6.61 Å². The van der Waals surface area contributed by atoms with Crippen molar-refractivity contribution in [3.8, 4) is 0 Å². The Morgan fingerprint density at radius 1 is 1.29 bits per heavy atom. The molecule has 14 heavy (non-hydrogen) atoms. The minimum absolute atomic E-state index is 0.306. The maximum Gasteiger partial charge on any atom is 0.0431 e. The lowest BCUT2D eigenvalue weighted by Crippen LogP contribution is -2.14. The largest absolute Gasteiger partial charge is 0.396 e. The maximum atomic E-state index is 8.59. The van der Waals surface area contributed by atoms with E-state index in [1.807, 2.05) is 11.3 Å². The Balaban J connectivity index is 2.12. The molecular formula is C11H19NOS. The van der Waals surface area contributed by atoms with Crippen LogP contribution >= 0.6 is 11.3 Å². The van der Waals surface area contributed by atoms with Gasteiger partial charge in [0.15, 0.2) is 0 Å². The van der Waals surface area contributed by atoms with Crippen LogP contribution in [0.3, 0.4) is 0 Å². The summed E-state index contributed by atoms with van der Waals surface area (Å²) in [4.78, 5) is 2.86. The van der Waals surface area contributed by atoms with E-state index in [4.69, 9.17) is 5.11 Å². The van der Waals surface area contributed by atoms with Crippen LogP contribution in [0.4, 0.5) is 0 Å². The Kier molecular flexibility index (Phi) is 5.83. The molecule has 0 atom stereocenters. The molecule has 0 amide bonds. The number of hydrogen-bond acceptors (Lipinski definition) is 3. The Hall–Kier alpha value is -0.380. The molecule has 1 rings (SSSR count). The Morgan fingerprint density at radius 3 is 2.71 bits per heavy atom. The van der Waals surface area contributed by atoms with Crippen molar-refractivity contribution in [1.29, 1.82) is 0 Å². The number of thiophene rings is 1. The summed E-state index contributed by atoms with van der Waals surface area (Å²) in [6, 6.07) is 4.40. The van der Waals surface area contributed by atoms with E-state index in [2.05, 4.69) is 24.4 Å². The van der Waals surface area contributed by atoms with Crippen LogP contribution in [0.1, 0.15) is 29.5 Å². The Labute approximate surface area is 90.0 Å². The van der Waals surface area contributed by atoms with Gasteiger partial charge in [-0.25, -0.2) is 0 Å². The third-order valence-corrected chi connectivity index (χ3v) is 3.36. The number of aliphatic hydroxyl groups is 1. The van der Waals surface area contributed by atoms with Crippen LogP contribution in [0.5, 0.6) is 0 Å². The van der Waals surface area contributed by atoms with Gasteiger partial charge in [0.25, 0.3) is 0 Å². The maximum absolute atomic E-state index is 8.59. The second kappa shape index (κ2) is 6.98. The second-order valence-corrected chi connectivity index (χ2v) is 4.58. The topological polar surface area (TPSA) is 32.3 Å². The molecule has 2 nitrogen and oxygen atoms in total. The molecule has 0 saturated carbocycles. The van der Waals surface area contributed by atoms with Gasteiger partial charge in [-0.2, -0.15) is 0 Å². The van der Waals surface area contributed by atoms with Crippen LogP contribution in [0.15, 0.2) is 12.1 Å². The molecule has 0 aliphatic carbocycles. The molecular weight excluding hydrogens is 194 g/mol. The van der Waals surface area contributed by atoms with Gasteiger partial charge in [0.2, 0.25) is 0 Å². The quantitative estimate of drug-likeness (QED) is 0.680. The van der Waals surface area contributed by atoms with E-state index >= 15 is 0 Å². The predicted molar refractivity (Wildman–Crippen MR) is 61.7 cm³/mol. The normalized spacial score (nSPS) is 10.7. The molecule has 0 unspecified atom stereocenters. The summed E-state index contributed by atoms with van der Waals surface area (Å²) in [5.74, 6) is 0. The average molecular weight is 213 g/mol. The first-order chi connectivity index (χ1) is 6.86. The van der Waals surface area contributed by atoms with Gasteiger partial charge in [0.1, 0.15) is 0 Å². The van der Waals surface area contributed by atoms with Crippen molar-refractivity contribution in [2.75, 3.05) is 13.2 Å². The van der Waals surface area contributed by atoms with Crippen molar-refractivity contribution in [2.24, 2.45) is 0 Å². The monoisotopic (exact) mass is 213 g/mol. The van der Waals surface area contributed by atoms with Gasteiger partial charge in [0, 0.05) is 22.9 Å². The molecule has 80 valence electrons. The van der Waals surface area contributed by atoms with Crippen LogP contribution in [0.25, 0.3) is 0 Å². The van der Waals surface area contributed by atoms with Crippen LogP contribution in [0, 0.1) is 0 Å². The molecule has 0 spiro atoms. The zero-order valence-electron chi connectivity index (χ0n) is 8.75. The number of nitrogens with one attached hydrogen (secondary N) is 1. The fourth-order valence-corrected chi connectivity index (χ4v) is 2.21. The lowest BCUT2D eigenvalue weighted by atomic mass is 10.3. The summed E-state index contributed by atoms with van der Waals surface area (Å²) in [6.07, 6.45) is 3.09. The predicted octanol–water partition coefficient (Wildman–Crippen LogP) is 2.17. The Morgan fingerprint density at radius 2 is 2.07 bits per heavy atom. The number of aliphatic hydroxyl groups excluding tert-OH is 1. The van der Waals surface area contributed by atoms with Gasteiger partial charge < -0.3 is 10.4 Å². The molecule has 1 aromatic rings. The minimum Gasteiger partial charge on any atom is -0.396 e. The lowest BCUT2D eigenvalue weighted by molar-refractivity contribution is 0.283. The number of rotatable bonds is 7. The van der Waals surface area contributed by atoms with Gasteiger partial charge in [-0.1, -0.05) is 6.92 Å². The van der Waals surface area contributed by atoms with E-state index in [0.717, 1.165) is 32.4 Å². The minimum atomic E-state index is 0.306. The highest BCUT2D eigenvalue weighted by Crippen LogP contribution is 2.16. The number of hydrogen-bond donors (Lipinski definition) is 2. The molecule has 0 saturated heterocycles. The molecule has 0 fully saturated rings. The zero-order chi connectivity index (χ0) is 10.2. The second-order valence-electron chi connectivity index (χ2n) is 3.33. The van der Waals surface area contributed by atoms with Crippen LogP contribution in [0.2, 0.25) is 0 Å². The highest BCUT2D eigenvalue weighted by Gasteiger charge is 1.97. The van der Waals surface area contributed by atoms with Crippen LogP contribution in [-0.4, -0.2) is 18.3 Å². The van der Waals surface area contributed by atoms with E-state index in [-0.39, 0.29) is 0 Å². The summed E-state index contributed by atoms with van der Waals surface area (Å²) in [7, 11) is 0. The van der Waals surface area contributed by atoms with Crippen molar-refractivity contribution in [1.82, 2.24) is 5.32 Å². The first-order valence-corrected chi connectivity index (χ1v) is 6.07. The van der Waals surface area contributed by atoms with Gasteiger partial charge in [-0.3, -0.25) is 0 Å². The van der Waals surface area contributed by atoms with Gasteiger partial charge in [-0.15, -0.1) is 11.3 Å². The van der Waals surface area contributed by atoms with Gasteiger partial charge in [0.05, 0.1) is 0 Å². The molecule has 0 bridgehead atoms. The first-order valence-electron chi connectivity index (χ1n) is 5.26. The van der Waals surface area contributed by atoms with E-state index < -0.39 is 0 Å². The zero-order valence-corrected chi connectivity index (χ0v) is 9.57. The summed E-state index contributed by atoms with van der Waals surface area (Å²) in [5, 5.41) is 12.0. The SMILES string of the molecule is CCc1ccc(CNCCCCO)s1. The van der Waals surface area contributed by atoms with Crippen molar-refractivity contribution in [2.45, 2.75) is 32.7 Å². The number of aryl methyl sites for hydroxylation is 1. The molecule has 2 N–H and O–H groups in total. The highest BCUT2D eigenvalue weighted by atomic mass is 32.1. The summed E-state index contributed by atoms with van der Waals surface area (Å²) < 4.78 is 0. The van der Waals surface area contributed by atoms with Gasteiger partial charge in [-0.05, 0) is 37.9 Å². The lowest BCUT2D eigenvalue weighted by Gasteiger charge is -2.01. The van der Waals surface area contributed by atoms with Crippen molar-refractivity contribution < 1.29 is 5.11 Å². The first kappa shape index (κ1) is 11.7. The highest BCUT2D eigenvalue weighted by molar-refractivity contribution is 7.11. The summed E-state index contributed by atoms with van der Waals surface area (Å²) in [6.45, 7) is 4.46. The van der Waals surface area contributed by atoms with Crippen molar-refractivity contribution in [3.63, 3.8) is 0 Å². The van der Waals surface area contributed by atoms with E-state index in [1.54, 1.807) is 0 Å². The third-order valence-electron chi connectivity index (χ3n) is 2.13.